The molecule has 2 amide bonds. The van der Waals surface area contributed by atoms with E-state index >= 15 is 0 Å². The van der Waals surface area contributed by atoms with Gasteiger partial charge in [0.1, 0.15) is 5.54 Å². The molecule has 1 aromatic rings. The van der Waals surface area contributed by atoms with Crippen molar-refractivity contribution in [2.24, 2.45) is 5.73 Å². The molecule has 4 N–H and O–H groups in total. The predicted molar refractivity (Wildman–Crippen MR) is 100 cm³/mol. The molecule has 0 radical (unpaired) electrons. The predicted octanol–water partition coefficient (Wildman–Crippen LogP) is 2.77. The van der Waals surface area contributed by atoms with Gasteiger partial charge in [-0.15, -0.1) is 0 Å². The molecule has 0 saturated heterocycles. The van der Waals surface area contributed by atoms with Crippen molar-refractivity contribution in [1.82, 2.24) is 10.6 Å². The molecule has 0 aromatic heterocycles. The minimum absolute atomic E-state index is 0.114. The van der Waals surface area contributed by atoms with E-state index in [9.17, 15) is 9.59 Å². The lowest BCUT2D eigenvalue weighted by Crippen LogP contribution is -2.59. The zero-order valence-corrected chi connectivity index (χ0v) is 15.6. The lowest BCUT2D eigenvalue weighted by atomic mass is 9.80. The van der Waals surface area contributed by atoms with Crippen molar-refractivity contribution in [2.75, 3.05) is 6.54 Å². The summed E-state index contributed by atoms with van der Waals surface area (Å²) in [4.78, 5) is 24.3. The highest BCUT2D eigenvalue weighted by Gasteiger charge is 2.40. The fourth-order valence-electron chi connectivity index (χ4n) is 3.52. The van der Waals surface area contributed by atoms with Crippen molar-refractivity contribution < 1.29 is 9.59 Å². The second-order valence-corrected chi connectivity index (χ2v) is 7.46. The van der Waals surface area contributed by atoms with E-state index in [2.05, 4.69) is 36.6 Å². The van der Waals surface area contributed by atoms with Crippen LogP contribution in [0.1, 0.15) is 76.0 Å². The molecule has 1 fully saturated rings. The van der Waals surface area contributed by atoms with E-state index in [1.165, 1.54) is 12.5 Å². The van der Waals surface area contributed by atoms with E-state index in [0.717, 1.165) is 24.8 Å². The van der Waals surface area contributed by atoms with Gasteiger partial charge < -0.3 is 16.4 Å². The molecule has 0 bridgehead atoms. The van der Waals surface area contributed by atoms with E-state index in [1.54, 1.807) is 0 Å². The molecular formula is C20H31N3O2. The lowest BCUT2D eigenvalue weighted by molar-refractivity contribution is -0.134. The standard InChI is InChI=1S/C20H31N3O2/c1-14(2)16-7-9-17(10-8-16)18(21)13-22-19(25)20(23-15(3)24)11-5-4-6-12-20/h7-10,14,18H,4-6,11-13,21H2,1-3H3,(H,22,25)(H,23,24). The first kappa shape index (κ1) is 19.4. The Morgan fingerprint density at radius 1 is 1.08 bits per heavy atom. The maximum atomic E-state index is 12.8. The molecule has 1 unspecified atom stereocenters. The zero-order valence-electron chi connectivity index (χ0n) is 15.6. The first-order chi connectivity index (χ1) is 11.8. The maximum Gasteiger partial charge on any atom is 0.245 e. The van der Waals surface area contributed by atoms with E-state index in [4.69, 9.17) is 5.73 Å². The van der Waals surface area contributed by atoms with Crippen LogP contribution < -0.4 is 16.4 Å². The van der Waals surface area contributed by atoms with Gasteiger partial charge in [-0.3, -0.25) is 9.59 Å². The Bertz CT molecular complexity index is 589. The van der Waals surface area contributed by atoms with E-state index in [-0.39, 0.29) is 17.9 Å². The molecule has 0 aliphatic heterocycles. The summed E-state index contributed by atoms with van der Waals surface area (Å²) in [6.07, 6.45) is 4.40. The minimum atomic E-state index is -0.773. The highest BCUT2D eigenvalue weighted by molar-refractivity contribution is 5.91. The average Bonchev–Trinajstić information content (AvgIpc) is 2.59. The molecular weight excluding hydrogens is 314 g/mol. The summed E-state index contributed by atoms with van der Waals surface area (Å²) in [5.74, 6) is 0.205. The fraction of sp³-hybridized carbons (Fsp3) is 0.600. The number of nitrogens with one attached hydrogen (secondary N) is 2. The number of rotatable bonds is 6. The van der Waals surface area contributed by atoms with Gasteiger partial charge in [-0.2, -0.15) is 0 Å². The number of benzene rings is 1. The first-order valence-electron chi connectivity index (χ1n) is 9.26. The summed E-state index contributed by atoms with van der Waals surface area (Å²) in [7, 11) is 0. The second-order valence-electron chi connectivity index (χ2n) is 7.46. The maximum absolute atomic E-state index is 12.8. The van der Waals surface area contributed by atoms with Crippen LogP contribution in [-0.4, -0.2) is 23.9 Å². The summed E-state index contributed by atoms with van der Waals surface area (Å²) >= 11 is 0. The molecule has 1 aliphatic rings. The van der Waals surface area contributed by atoms with Crippen LogP contribution in [0.5, 0.6) is 0 Å². The molecule has 5 nitrogen and oxygen atoms in total. The van der Waals surface area contributed by atoms with Gasteiger partial charge in [0.25, 0.3) is 0 Å². The minimum Gasteiger partial charge on any atom is -0.352 e. The molecule has 1 saturated carbocycles. The Kier molecular flexibility index (Phi) is 6.59. The Morgan fingerprint density at radius 3 is 2.16 bits per heavy atom. The molecule has 1 aromatic carbocycles. The number of nitrogens with two attached hydrogens (primary N) is 1. The van der Waals surface area contributed by atoms with E-state index < -0.39 is 5.54 Å². The Morgan fingerprint density at radius 2 is 1.64 bits per heavy atom. The zero-order chi connectivity index (χ0) is 18.4. The van der Waals surface area contributed by atoms with Gasteiger partial charge >= 0.3 is 0 Å². The normalized spacial score (nSPS) is 17.8. The van der Waals surface area contributed by atoms with Crippen LogP contribution in [0.2, 0.25) is 0 Å². The van der Waals surface area contributed by atoms with E-state index in [1.807, 2.05) is 12.1 Å². The highest BCUT2D eigenvalue weighted by Crippen LogP contribution is 2.28. The van der Waals surface area contributed by atoms with Crippen molar-refractivity contribution in [3.05, 3.63) is 35.4 Å². The Hall–Kier alpha value is -1.88. The number of amides is 2. The molecule has 1 atom stereocenters. The summed E-state index contributed by atoms with van der Waals surface area (Å²) in [5.41, 5.74) is 7.74. The van der Waals surface area contributed by atoms with Crippen LogP contribution in [0.3, 0.4) is 0 Å². The van der Waals surface area contributed by atoms with Gasteiger partial charge in [-0.25, -0.2) is 0 Å². The summed E-state index contributed by atoms with van der Waals surface area (Å²) < 4.78 is 0. The van der Waals surface area contributed by atoms with E-state index in [0.29, 0.717) is 25.3 Å². The quantitative estimate of drug-likeness (QED) is 0.741. The van der Waals surface area contributed by atoms with Gasteiger partial charge in [0, 0.05) is 19.5 Å². The fourth-order valence-corrected chi connectivity index (χ4v) is 3.52. The number of carbonyl (C=O) groups is 2. The topological polar surface area (TPSA) is 84.2 Å². The van der Waals surface area contributed by atoms with Crippen LogP contribution in [-0.2, 0) is 9.59 Å². The molecule has 2 rings (SSSR count). The monoisotopic (exact) mass is 345 g/mol. The Balaban J connectivity index is 1.97. The SMILES string of the molecule is CC(=O)NC1(C(=O)NCC(N)c2ccc(C(C)C)cc2)CCCCC1. The number of carbonyl (C=O) groups excluding carboxylic acids is 2. The van der Waals surface area contributed by atoms with Crippen molar-refractivity contribution >= 4 is 11.8 Å². The van der Waals surface area contributed by atoms with Crippen LogP contribution in [0.25, 0.3) is 0 Å². The van der Waals surface area contributed by atoms with Gasteiger partial charge in [-0.1, -0.05) is 57.4 Å². The van der Waals surface area contributed by atoms with Gasteiger partial charge in [0.15, 0.2) is 0 Å². The molecule has 5 heteroatoms. The van der Waals surface area contributed by atoms with Gasteiger partial charge in [-0.05, 0) is 29.9 Å². The van der Waals surface area contributed by atoms with Crippen LogP contribution >= 0.6 is 0 Å². The molecule has 25 heavy (non-hydrogen) atoms. The first-order valence-corrected chi connectivity index (χ1v) is 9.26. The van der Waals surface area contributed by atoms with Crippen LogP contribution in [0, 0.1) is 0 Å². The average molecular weight is 345 g/mol. The van der Waals surface area contributed by atoms with Gasteiger partial charge in [0.05, 0.1) is 0 Å². The lowest BCUT2D eigenvalue weighted by Gasteiger charge is -2.36. The summed E-state index contributed by atoms with van der Waals surface area (Å²) in [5, 5.41) is 5.84. The summed E-state index contributed by atoms with van der Waals surface area (Å²) in [6.45, 7) is 6.13. The van der Waals surface area contributed by atoms with Crippen molar-refractivity contribution in [3.63, 3.8) is 0 Å². The van der Waals surface area contributed by atoms with Crippen LogP contribution in [0.15, 0.2) is 24.3 Å². The Labute approximate surface area is 150 Å². The molecule has 1 aliphatic carbocycles. The van der Waals surface area contributed by atoms with Crippen molar-refractivity contribution in [2.45, 2.75) is 70.4 Å². The van der Waals surface area contributed by atoms with Crippen molar-refractivity contribution in [1.29, 1.82) is 0 Å². The molecule has 0 spiro atoms. The third-order valence-electron chi connectivity index (χ3n) is 5.07. The van der Waals surface area contributed by atoms with Crippen molar-refractivity contribution in [3.8, 4) is 0 Å². The third-order valence-corrected chi connectivity index (χ3v) is 5.07. The largest absolute Gasteiger partial charge is 0.352 e. The number of hydrogen-bond donors (Lipinski definition) is 3. The smallest absolute Gasteiger partial charge is 0.245 e. The molecule has 138 valence electrons. The third kappa shape index (κ3) is 5.05. The number of hydrogen-bond acceptors (Lipinski definition) is 3. The molecule has 0 heterocycles. The summed E-state index contributed by atoms with van der Waals surface area (Å²) in [6, 6.07) is 7.96. The van der Waals surface area contributed by atoms with Gasteiger partial charge in [0.2, 0.25) is 11.8 Å². The second kappa shape index (κ2) is 8.48. The highest BCUT2D eigenvalue weighted by atomic mass is 16.2. The van der Waals surface area contributed by atoms with Crippen LogP contribution in [0.4, 0.5) is 0 Å².